The third-order valence-electron chi connectivity index (χ3n) is 3.06. The van der Waals surface area contributed by atoms with Gasteiger partial charge in [0, 0.05) is 30.0 Å². The lowest BCUT2D eigenvalue weighted by atomic mass is 9.99. The average Bonchev–Trinajstić information content (AvgIpc) is 3.09. The molecule has 0 aromatic carbocycles. The highest BCUT2D eigenvalue weighted by Gasteiger charge is 2.20. The van der Waals surface area contributed by atoms with E-state index in [1.165, 1.54) is 11.3 Å². The SMILES string of the molecule is O=C(O)CC(CC(=O)NCCn1cc(Br)cn1)c1cccs1. The predicted molar refractivity (Wildman–Crippen MR) is 86.9 cm³/mol. The summed E-state index contributed by atoms with van der Waals surface area (Å²) in [4.78, 5) is 23.9. The van der Waals surface area contributed by atoms with Crippen molar-refractivity contribution in [2.75, 3.05) is 6.54 Å². The molecule has 1 atom stereocenters. The maximum atomic E-state index is 12.0. The minimum absolute atomic E-state index is 0.0416. The van der Waals surface area contributed by atoms with Crippen LogP contribution in [0.2, 0.25) is 0 Å². The molecular weight excluding hydrogens is 370 g/mol. The van der Waals surface area contributed by atoms with E-state index in [0.29, 0.717) is 13.1 Å². The first-order valence-electron chi connectivity index (χ1n) is 6.74. The van der Waals surface area contributed by atoms with E-state index in [0.717, 1.165) is 9.35 Å². The second kappa shape index (κ2) is 8.09. The van der Waals surface area contributed by atoms with Gasteiger partial charge in [0.1, 0.15) is 0 Å². The second-order valence-corrected chi connectivity index (χ2v) is 6.68. The maximum absolute atomic E-state index is 12.0. The minimum Gasteiger partial charge on any atom is -0.481 e. The quantitative estimate of drug-likeness (QED) is 0.730. The number of halogens is 1. The van der Waals surface area contributed by atoms with Gasteiger partial charge in [-0.05, 0) is 27.4 Å². The van der Waals surface area contributed by atoms with Crippen LogP contribution in [-0.4, -0.2) is 33.3 Å². The van der Waals surface area contributed by atoms with Gasteiger partial charge < -0.3 is 10.4 Å². The van der Waals surface area contributed by atoms with Crippen LogP contribution in [0.3, 0.4) is 0 Å². The molecule has 2 aromatic heterocycles. The van der Waals surface area contributed by atoms with Crippen LogP contribution in [0.4, 0.5) is 0 Å². The number of thiophene rings is 1. The lowest BCUT2D eigenvalue weighted by molar-refractivity contribution is -0.137. The lowest BCUT2D eigenvalue weighted by Crippen LogP contribution is -2.28. The van der Waals surface area contributed by atoms with E-state index in [-0.39, 0.29) is 24.7 Å². The molecule has 2 heterocycles. The number of aromatic nitrogens is 2. The van der Waals surface area contributed by atoms with E-state index in [1.54, 1.807) is 10.9 Å². The normalized spacial score (nSPS) is 12.0. The summed E-state index contributed by atoms with van der Waals surface area (Å²) in [5, 5.41) is 17.8. The molecule has 6 nitrogen and oxygen atoms in total. The third-order valence-corrected chi connectivity index (χ3v) is 4.51. The van der Waals surface area contributed by atoms with Gasteiger partial charge in [-0.25, -0.2) is 0 Å². The van der Waals surface area contributed by atoms with Crippen molar-refractivity contribution in [3.05, 3.63) is 39.3 Å². The smallest absolute Gasteiger partial charge is 0.304 e. The average molecular weight is 386 g/mol. The summed E-state index contributed by atoms with van der Waals surface area (Å²) in [6.07, 6.45) is 3.64. The number of carboxylic acids is 1. The molecule has 1 amide bonds. The Labute approximate surface area is 140 Å². The standard InChI is InChI=1S/C14H16BrN3O3S/c15-11-8-17-18(9-11)4-3-16-13(19)6-10(7-14(20)21)12-2-1-5-22-12/h1-2,5,8-10H,3-4,6-7H2,(H,16,19)(H,20,21). The Kier molecular flexibility index (Phi) is 6.14. The van der Waals surface area contributed by atoms with Crippen LogP contribution in [0.1, 0.15) is 23.6 Å². The van der Waals surface area contributed by atoms with Crippen LogP contribution in [0.15, 0.2) is 34.4 Å². The van der Waals surface area contributed by atoms with Crippen molar-refractivity contribution in [3.8, 4) is 0 Å². The van der Waals surface area contributed by atoms with Gasteiger partial charge in [-0.3, -0.25) is 14.3 Å². The number of carboxylic acid groups (broad SMARTS) is 1. The first-order chi connectivity index (χ1) is 10.5. The van der Waals surface area contributed by atoms with E-state index in [4.69, 9.17) is 5.11 Å². The molecule has 0 fully saturated rings. The molecule has 2 aromatic rings. The fourth-order valence-corrected chi connectivity index (χ4v) is 3.23. The van der Waals surface area contributed by atoms with Gasteiger partial charge in [0.25, 0.3) is 0 Å². The second-order valence-electron chi connectivity index (χ2n) is 4.79. The highest BCUT2D eigenvalue weighted by molar-refractivity contribution is 9.10. The number of hydrogen-bond donors (Lipinski definition) is 2. The van der Waals surface area contributed by atoms with Gasteiger partial charge in [-0.2, -0.15) is 5.10 Å². The lowest BCUT2D eigenvalue weighted by Gasteiger charge is -2.13. The molecule has 118 valence electrons. The van der Waals surface area contributed by atoms with Gasteiger partial charge in [-0.1, -0.05) is 6.07 Å². The molecule has 22 heavy (non-hydrogen) atoms. The van der Waals surface area contributed by atoms with Gasteiger partial charge in [-0.15, -0.1) is 11.3 Å². The van der Waals surface area contributed by atoms with Gasteiger partial charge in [0.15, 0.2) is 0 Å². The molecule has 0 radical (unpaired) electrons. The van der Waals surface area contributed by atoms with E-state index in [2.05, 4.69) is 26.3 Å². The summed E-state index contributed by atoms with van der Waals surface area (Å²) in [5.74, 6) is -1.32. The largest absolute Gasteiger partial charge is 0.481 e. The molecule has 2 rings (SSSR count). The molecule has 2 N–H and O–H groups in total. The Morgan fingerprint density at radius 1 is 1.45 bits per heavy atom. The summed E-state index contributed by atoms with van der Waals surface area (Å²) < 4.78 is 2.61. The topological polar surface area (TPSA) is 84.2 Å². The number of rotatable bonds is 8. The zero-order valence-corrected chi connectivity index (χ0v) is 14.1. The van der Waals surface area contributed by atoms with Crippen LogP contribution in [0, 0.1) is 0 Å². The van der Waals surface area contributed by atoms with Crippen LogP contribution in [-0.2, 0) is 16.1 Å². The van der Waals surface area contributed by atoms with Gasteiger partial charge in [0.2, 0.25) is 5.91 Å². The summed E-state index contributed by atoms with van der Waals surface area (Å²) >= 11 is 4.78. The monoisotopic (exact) mass is 385 g/mol. The van der Waals surface area contributed by atoms with Crippen molar-refractivity contribution in [2.24, 2.45) is 0 Å². The van der Waals surface area contributed by atoms with Crippen molar-refractivity contribution in [1.29, 1.82) is 0 Å². The Morgan fingerprint density at radius 2 is 2.27 bits per heavy atom. The highest BCUT2D eigenvalue weighted by atomic mass is 79.9. The number of nitrogens with zero attached hydrogens (tertiary/aromatic N) is 2. The van der Waals surface area contributed by atoms with Gasteiger partial charge in [0.05, 0.1) is 23.6 Å². The summed E-state index contributed by atoms with van der Waals surface area (Å²) in [7, 11) is 0. The summed E-state index contributed by atoms with van der Waals surface area (Å²) in [6.45, 7) is 1.02. The van der Waals surface area contributed by atoms with Crippen LogP contribution in [0.25, 0.3) is 0 Å². The molecule has 0 aliphatic carbocycles. The van der Waals surface area contributed by atoms with Crippen LogP contribution >= 0.6 is 27.3 Å². The molecule has 0 spiro atoms. The Bertz CT molecular complexity index is 627. The number of aliphatic carboxylic acids is 1. The van der Waals surface area contributed by atoms with Gasteiger partial charge >= 0.3 is 5.97 Å². The van der Waals surface area contributed by atoms with Crippen molar-refractivity contribution < 1.29 is 14.7 Å². The van der Waals surface area contributed by atoms with Crippen molar-refractivity contribution in [2.45, 2.75) is 25.3 Å². The van der Waals surface area contributed by atoms with Crippen LogP contribution < -0.4 is 5.32 Å². The van der Waals surface area contributed by atoms with E-state index in [9.17, 15) is 9.59 Å². The highest BCUT2D eigenvalue weighted by Crippen LogP contribution is 2.27. The predicted octanol–water partition coefficient (Wildman–Crippen LogP) is 2.47. The third kappa shape index (κ3) is 5.27. The number of carbonyl (C=O) groups excluding carboxylic acids is 1. The number of carbonyl (C=O) groups is 2. The minimum atomic E-state index is -0.896. The molecule has 0 bridgehead atoms. The van der Waals surface area contributed by atoms with Crippen LogP contribution in [0.5, 0.6) is 0 Å². The molecule has 1 unspecified atom stereocenters. The molecule has 0 aliphatic heterocycles. The van der Waals surface area contributed by atoms with Crippen molar-refractivity contribution in [1.82, 2.24) is 15.1 Å². The summed E-state index contributed by atoms with van der Waals surface area (Å²) in [5.41, 5.74) is 0. The fraction of sp³-hybridized carbons (Fsp3) is 0.357. The first kappa shape index (κ1) is 16.7. The molecular formula is C14H16BrN3O3S. The zero-order chi connectivity index (χ0) is 15.9. The van der Waals surface area contributed by atoms with E-state index >= 15 is 0 Å². The van der Waals surface area contributed by atoms with Crippen molar-refractivity contribution >= 4 is 39.1 Å². The molecule has 0 aliphatic rings. The Hall–Kier alpha value is -1.67. The number of hydrogen-bond acceptors (Lipinski definition) is 4. The Morgan fingerprint density at radius 3 is 2.86 bits per heavy atom. The maximum Gasteiger partial charge on any atom is 0.304 e. The number of nitrogens with one attached hydrogen (secondary N) is 1. The van der Waals surface area contributed by atoms with Crippen molar-refractivity contribution in [3.63, 3.8) is 0 Å². The summed E-state index contributed by atoms with van der Waals surface area (Å²) in [6, 6.07) is 3.73. The Balaban J connectivity index is 1.81. The molecule has 0 saturated carbocycles. The molecule has 8 heteroatoms. The van der Waals surface area contributed by atoms with E-state index in [1.807, 2.05) is 23.7 Å². The first-order valence-corrected chi connectivity index (χ1v) is 8.41. The van der Waals surface area contributed by atoms with E-state index < -0.39 is 5.97 Å². The number of amides is 1. The zero-order valence-electron chi connectivity index (χ0n) is 11.7. The fourth-order valence-electron chi connectivity index (χ4n) is 2.07. The molecule has 0 saturated heterocycles.